The molecule has 1 aliphatic rings. The molecule has 0 aliphatic carbocycles. The van der Waals surface area contributed by atoms with Crippen molar-refractivity contribution in [1.82, 2.24) is 10.2 Å². The molecule has 1 aromatic heterocycles. The highest BCUT2D eigenvalue weighted by atomic mass is 16.3. The van der Waals surface area contributed by atoms with E-state index in [9.17, 15) is 0 Å². The SMILES string of the molecule is CCNCc1oc(CN2CCC(C)C2)cc1C. The zero-order valence-electron chi connectivity index (χ0n) is 11.3. The monoisotopic (exact) mass is 236 g/mol. The summed E-state index contributed by atoms with van der Waals surface area (Å²) in [6.07, 6.45) is 1.32. The summed E-state index contributed by atoms with van der Waals surface area (Å²) in [5.74, 6) is 3.05. The van der Waals surface area contributed by atoms with Gasteiger partial charge >= 0.3 is 0 Å². The van der Waals surface area contributed by atoms with E-state index in [0.29, 0.717) is 0 Å². The summed E-state index contributed by atoms with van der Waals surface area (Å²) in [6, 6.07) is 2.19. The van der Waals surface area contributed by atoms with Crippen molar-refractivity contribution in [3.05, 3.63) is 23.2 Å². The minimum atomic E-state index is 0.840. The predicted octanol–water partition coefficient (Wildman–Crippen LogP) is 2.54. The summed E-state index contributed by atoms with van der Waals surface area (Å²) in [5.41, 5.74) is 1.27. The molecule has 1 fully saturated rings. The van der Waals surface area contributed by atoms with E-state index in [1.165, 1.54) is 25.1 Å². The van der Waals surface area contributed by atoms with Gasteiger partial charge in [0.25, 0.3) is 0 Å². The number of rotatable bonds is 5. The molecule has 3 nitrogen and oxygen atoms in total. The Labute approximate surface area is 104 Å². The van der Waals surface area contributed by atoms with E-state index in [0.717, 1.165) is 37.1 Å². The lowest BCUT2D eigenvalue weighted by atomic mass is 10.2. The molecule has 0 saturated carbocycles. The van der Waals surface area contributed by atoms with Crippen LogP contribution < -0.4 is 5.32 Å². The van der Waals surface area contributed by atoms with E-state index >= 15 is 0 Å². The van der Waals surface area contributed by atoms with Crippen LogP contribution in [0.15, 0.2) is 10.5 Å². The van der Waals surface area contributed by atoms with Gasteiger partial charge in [-0.15, -0.1) is 0 Å². The first kappa shape index (κ1) is 12.7. The Morgan fingerprint density at radius 1 is 1.53 bits per heavy atom. The fraction of sp³-hybridized carbons (Fsp3) is 0.714. The topological polar surface area (TPSA) is 28.4 Å². The lowest BCUT2D eigenvalue weighted by Crippen LogP contribution is -2.19. The first-order chi connectivity index (χ1) is 8.19. The van der Waals surface area contributed by atoms with Crippen molar-refractivity contribution in [3.8, 4) is 0 Å². The normalized spacial score (nSPS) is 21.2. The van der Waals surface area contributed by atoms with Crippen LogP contribution in [0.2, 0.25) is 0 Å². The maximum atomic E-state index is 5.91. The second-order valence-electron chi connectivity index (χ2n) is 5.23. The Balaban J connectivity index is 1.92. The Kier molecular flexibility index (Phi) is 4.24. The standard InChI is InChI=1S/C14H24N2O/c1-4-15-8-14-12(3)7-13(17-14)10-16-6-5-11(2)9-16/h7,11,15H,4-6,8-10H2,1-3H3. The number of furan rings is 1. The highest BCUT2D eigenvalue weighted by Gasteiger charge is 2.20. The Bertz CT molecular complexity index is 359. The van der Waals surface area contributed by atoms with Crippen LogP contribution in [0.3, 0.4) is 0 Å². The van der Waals surface area contributed by atoms with Crippen LogP contribution in [0.4, 0.5) is 0 Å². The van der Waals surface area contributed by atoms with Gasteiger partial charge in [-0.3, -0.25) is 4.90 Å². The predicted molar refractivity (Wildman–Crippen MR) is 69.9 cm³/mol. The van der Waals surface area contributed by atoms with Crippen molar-refractivity contribution in [2.24, 2.45) is 5.92 Å². The van der Waals surface area contributed by atoms with E-state index in [4.69, 9.17) is 4.42 Å². The summed E-state index contributed by atoms with van der Waals surface area (Å²) in [4.78, 5) is 2.49. The highest BCUT2D eigenvalue weighted by Crippen LogP contribution is 2.21. The molecule has 0 spiro atoms. The third-order valence-electron chi connectivity index (χ3n) is 3.49. The summed E-state index contributed by atoms with van der Waals surface area (Å²) in [5, 5.41) is 3.31. The van der Waals surface area contributed by atoms with Crippen LogP contribution in [-0.4, -0.2) is 24.5 Å². The summed E-state index contributed by atoms with van der Waals surface area (Å²) in [6.45, 7) is 11.8. The van der Waals surface area contributed by atoms with E-state index < -0.39 is 0 Å². The fourth-order valence-electron chi connectivity index (χ4n) is 2.47. The van der Waals surface area contributed by atoms with Gasteiger partial charge in [-0.1, -0.05) is 13.8 Å². The second kappa shape index (κ2) is 5.69. The third-order valence-corrected chi connectivity index (χ3v) is 3.49. The third kappa shape index (κ3) is 3.33. The lowest BCUT2D eigenvalue weighted by Gasteiger charge is -2.12. The molecule has 2 rings (SSSR count). The van der Waals surface area contributed by atoms with Crippen LogP contribution in [0.25, 0.3) is 0 Å². The molecule has 1 aromatic rings. The summed E-state index contributed by atoms with van der Waals surface area (Å²) >= 11 is 0. The molecule has 1 N–H and O–H groups in total. The van der Waals surface area contributed by atoms with E-state index in [1.807, 2.05) is 0 Å². The molecule has 1 saturated heterocycles. The molecule has 0 amide bonds. The van der Waals surface area contributed by atoms with E-state index in [2.05, 4.69) is 37.1 Å². The van der Waals surface area contributed by atoms with Crippen molar-refractivity contribution < 1.29 is 4.42 Å². The summed E-state index contributed by atoms with van der Waals surface area (Å²) < 4.78 is 5.91. The van der Waals surface area contributed by atoms with Gasteiger partial charge in [0, 0.05) is 6.54 Å². The van der Waals surface area contributed by atoms with Gasteiger partial charge in [0.2, 0.25) is 0 Å². The molecule has 0 bridgehead atoms. The van der Waals surface area contributed by atoms with Crippen molar-refractivity contribution in [3.63, 3.8) is 0 Å². The average molecular weight is 236 g/mol. The molecule has 1 atom stereocenters. The molecular formula is C14H24N2O. The zero-order valence-corrected chi connectivity index (χ0v) is 11.3. The number of nitrogens with zero attached hydrogens (tertiary/aromatic N) is 1. The summed E-state index contributed by atoms with van der Waals surface area (Å²) in [7, 11) is 0. The second-order valence-corrected chi connectivity index (χ2v) is 5.23. The molecular weight excluding hydrogens is 212 g/mol. The molecule has 3 heteroatoms. The molecule has 1 unspecified atom stereocenters. The van der Waals surface area contributed by atoms with Gasteiger partial charge in [-0.25, -0.2) is 0 Å². The molecule has 2 heterocycles. The van der Waals surface area contributed by atoms with Crippen molar-refractivity contribution in [1.29, 1.82) is 0 Å². The van der Waals surface area contributed by atoms with Gasteiger partial charge < -0.3 is 9.73 Å². The Hall–Kier alpha value is -0.800. The largest absolute Gasteiger partial charge is 0.463 e. The molecule has 17 heavy (non-hydrogen) atoms. The van der Waals surface area contributed by atoms with Gasteiger partial charge in [0.1, 0.15) is 11.5 Å². The first-order valence-electron chi connectivity index (χ1n) is 6.70. The van der Waals surface area contributed by atoms with Gasteiger partial charge in [-0.2, -0.15) is 0 Å². The maximum absolute atomic E-state index is 5.91. The smallest absolute Gasteiger partial charge is 0.120 e. The van der Waals surface area contributed by atoms with E-state index in [1.54, 1.807) is 0 Å². The van der Waals surface area contributed by atoms with Gasteiger partial charge in [0.15, 0.2) is 0 Å². The number of likely N-dealkylation sites (tertiary alicyclic amines) is 1. The quantitative estimate of drug-likeness (QED) is 0.851. The Morgan fingerprint density at radius 2 is 2.35 bits per heavy atom. The van der Waals surface area contributed by atoms with Crippen molar-refractivity contribution in [2.45, 2.75) is 40.3 Å². The molecule has 0 aromatic carbocycles. The molecule has 1 aliphatic heterocycles. The van der Waals surface area contributed by atoms with E-state index in [-0.39, 0.29) is 0 Å². The van der Waals surface area contributed by atoms with Crippen LogP contribution in [0.5, 0.6) is 0 Å². The van der Waals surface area contributed by atoms with Gasteiger partial charge in [-0.05, 0) is 44.0 Å². The highest BCUT2D eigenvalue weighted by molar-refractivity contribution is 5.20. The maximum Gasteiger partial charge on any atom is 0.120 e. The van der Waals surface area contributed by atoms with Crippen LogP contribution in [0.1, 0.15) is 37.4 Å². The van der Waals surface area contributed by atoms with Crippen LogP contribution >= 0.6 is 0 Å². The zero-order chi connectivity index (χ0) is 12.3. The van der Waals surface area contributed by atoms with Gasteiger partial charge in [0.05, 0.1) is 13.1 Å². The number of hydrogen-bond donors (Lipinski definition) is 1. The average Bonchev–Trinajstić information content (AvgIpc) is 2.83. The van der Waals surface area contributed by atoms with Crippen LogP contribution in [-0.2, 0) is 13.1 Å². The molecule has 96 valence electrons. The first-order valence-corrected chi connectivity index (χ1v) is 6.70. The van der Waals surface area contributed by atoms with Crippen LogP contribution in [0, 0.1) is 12.8 Å². The van der Waals surface area contributed by atoms with Crippen molar-refractivity contribution >= 4 is 0 Å². The van der Waals surface area contributed by atoms with Crippen molar-refractivity contribution in [2.75, 3.05) is 19.6 Å². The minimum Gasteiger partial charge on any atom is -0.463 e. The lowest BCUT2D eigenvalue weighted by molar-refractivity contribution is 0.284. The number of nitrogens with one attached hydrogen (secondary N) is 1. The Morgan fingerprint density at radius 3 is 3.00 bits per heavy atom. The molecule has 0 radical (unpaired) electrons. The fourth-order valence-corrected chi connectivity index (χ4v) is 2.47. The number of hydrogen-bond acceptors (Lipinski definition) is 3. The number of aryl methyl sites for hydroxylation is 1. The minimum absolute atomic E-state index is 0.840.